The fourth-order valence-corrected chi connectivity index (χ4v) is 5.74. The minimum atomic E-state index is 0.293. The molecule has 0 spiro atoms. The van der Waals surface area contributed by atoms with Crippen LogP contribution in [0, 0.1) is 19.8 Å². The fourth-order valence-electron chi connectivity index (χ4n) is 5.74. The third-order valence-electron chi connectivity index (χ3n) is 9.12. The highest BCUT2D eigenvalue weighted by Gasteiger charge is 2.35. The van der Waals surface area contributed by atoms with Crippen molar-refractivity contribution in [1.82, 2.24) is 0 Å². The Kier molecular flexibility index (Phi) is 22.9. The average Bonchev–Trinajstić information content (AvgIpc) is 3.65. The number of hydrogen-bond acceptors (Lipinski definition) is 0. The van der Waals surface area contributed by atoms with Gasteiger partial charge in [-0.15, -0.1) is 12.8 Å². The third-order valence-corrected chi connectivity index (χ3v) is 9.12. The van der Waals surface area contributed by atoms with Gasteiger partial charge in [-0.1, -0.05) is 169 Å². The van der Waals surface area contributed by atoms with Gasteiger partial charge in [0.05, 0.1) is 0 Å². The molecule has 0 N–H and O–H groups in total. The molecule has 258 valence electrons. The lowest BCUT2D eigenvalue weighted by molar-refractivity contribution is 0.524. The molecule has 0 nitrogen and oxygen atoms in total. The lowest BCUT2D eigenvalue weighted by Gasteiger charge is -2.30. The number of aryl methyl sites for hydroxylation is 3. The summed E-state index contributed by atoms with van der Waals surface area (Å²) in [5.41, 5.74) is 13.7. The van der Waals surface area contributed by atoms with Crippen molar-refractivity contribution in [2.24, 2.45) is 0 Å². The quantitative estimate of drug-likeness (QED) is 0.124. The lowest BCUT2D eigenvalue weighted by Crippen LogP contribution is -2.22. The van der Waals surface area contributed by atoms with Crippen LogP contribution in [0.25, 0.3) is 5.57 Å². The van der Waals surface area contributed by atoms with Crippen LogP contribution in [-0.4, -0.2) is 0 Å². The van der Waals surface area contributed by atoms with E-state index in [2.05, 4.69) is 172 Å². The van der Waals surface area contributed by atoms with Crippen LogP contribution in [0.1, 0.15) is 122 Å². The Morgan fingerprint density at radius 1 is 0.729 bits per heavy atom. The van der Waals surface area contributed by atoms with Crippen molar-refractivity contribution in [3.63, 3.8) is 0 Å². The van der Waals surface area contributed by atoms with Gasteiger partial charge in [0.25, 0.3) is 0 Å². The lowest BCUT2D eigenvalue weighted by atomic mass is 9.74. The van der Waals surface area contributed by atoms with Crippen molar-refractivity contribution in [3.8, 4) is 12.8 Å². The van der Waals surface area contributed by atoms with Gasteiger partial charge in [-0.2, -0.15) is 0 Å². The Bertz CT molecular complexity index is 1440. The van der Waals surface area contributed by atoms with Crippen molar-refractivity contribution in [2.45, 2.75) is 120 Å². The van der Waals surface area contributed by atoms with Crippen LogP contribution in [0.15, 0.2) is 133 Å². The molecule has 48 heavy (non-hydrogen) atoms. The standard InChI is InChI=1S/C20H26.C14H18.C10H14.C2H6.C2H2/c1-7-15(3)13-19(14-18(6)16(4)8-2)20-12-10-9-11-17(20)5;1-12(2)14(10-6-7-11-14)13-8-4-3-5-9-13;1-3-9-6-5-7-10(4-2)8-9;2*1-2/h8-14H,2,7H2,1,3-6H3;3-5,8-9H,1,6-7,10-11H2,2H3;5-8H,3-4H2,1-2H3;1-2H3;1-2H/b15-13-,18-16+,19-14+;;;;. The van der Waals surface area contributed by atoms with Crippen molar-refractivity contribution in [2.75, 3.05) is 0 Å². The van der Waals surface area contributed by atoms with Crippen LogP contribution in [-0.2, 0) is 18.3 Å². The first-order valence-electron chi connectivity index (χ1n) is 18.0. The van der Waals surface area contributed by atoms with E-state index in [1.165, 1.54) is 81.4 Å². The highest BCUT2D eigenvalue weighted by Crippen LogP contribution is 2.45. The molecule has 0 heterocycles. The van der Waals surface area contributed by atoms with Crippen molar-refractivity contribution >= 4 is 5.57 Å². The Morgan fingerprint density at radius 2 is 1.25 bits per heavy atom. The van der Waals surface area contributed by atoms with Crippen molar-refractivity contribution in [3.05, 3.63) is 160 Å². The van der Waals surface area contributed by atoms with Gasteiger partial charge in [0, 0.05) is 5.41 Å². The molecule has 1 saturated carbocycles. The summed E-state index contributed by atoms with van der Waals surface area (Å²) < 4.78 is 0. The highest BCUT2D eigenvalue weighted by atomic mass is 14.4. The number of allylic oxidation sites excluding steroid dienone is 8. The topological polar surface area (TPSA) is 0 Å². The molecule has 0 unspecified atom stereocenters. The largest absolute Gasteiger partial charge is 0.124 e. The fraction of sp³-hybridized carbons (Fsp3) is 0.375. The highest BCUT2D eigenvalue weighted by molar-refractivity contribution is 5.78. The molecular weight excluding hydrogens is 577 g/mol. The van der Waals surface area contributed by atoms with Crippen molar-refractivity contribution < 1.29 is 0 Å². The van der Waals surface area contributed by atoms with E-state index >= 15 is 0 Å². The Hall–Kier alpha value is -4.08. The van der Waals surface area contributed by atoms with Crippen LogP contribution in [0.4, 0.5) is 0 Å². The van der Waals surface area contributed by atoms with Gasteiger partial charge in [0.2, 0.25) is 0 Å². The van der Waals surface area contributed by atoms with Gasteiger partial charge in [-0.25, -0.2) is 0 Å². The smallest absolute Gasteiger partial charge is 0.0156 e. The normalized spacial score (nSPS) is 13.8. The summed E-state index contributed by atoms with van der Waals surface area (Å²) in [4.78, 5) is 0. The summed E-state index contributed by atoms with van der Waals surface area (Å²) in [6, 6.07) is 28.2. The first kappa shape index (κ1) is 43.9. The maximum Gasteiger partial charge on any atom is 0.0156 e. The molecule has 0 aliphatic heterocycles. The van der Waals surface area contributed by atoms with Crippen LogP contribution in [0.5, 0.6) is 0 Å². The van der Waals surface area contributed by atoms with Gasteiger partial charge in [0.1, 0.15) is 0 Å². The van der Waals surface area contributed by atoms with Gasteiger partial charge < -0.3 is 0 Å². The molecule has 4 rings (SSSR count). The number of hydrogen-bond donors (Lipinski definition) is 0. The van der Waals surface area contributed by atoms with Gasteiger partial charge in [-0.05, 0) is 111 Å². The Balaban J connectivity index is 0.000000687. The minimum Gasteiger partial charge on any atom is -0.124 e. The molecule has 0 heteroatoms. The monoisotopic (exact) mass is 643 g/mol. The second-order valence-electron chi connectivity index (χ2n) is 12.3. The summed E-state index contributed by atoms with van der Waals surface area (Å²) in [5, 5.41) is 0. The predicted molar refractivity (Wildman–Crippen MR) is 220 cm³/mol. The van der Waals surface area contributed by atoms with E-state index < -0.39 is 0 Å². The molecule has 0 saturated heterocycles. The summed E-state index contributed by atoms with van der Waals surface area (Å²) in [6.07, 6.45) is 23.1. The molecule has 0 aromatic heterocycles. The number of terminal acetylenes is 1. The van der Waals surface area contributed by atoms with E-state index in [1.807, 2.05) is 19.9 Å². The van der Waals surface area contributed by atoms with Gasteiger partial charge in [-0.3, -0.25) is 0 Å². The zero-order valence-electron chi connectivity index (χ0n) is 32.3. The van der Waals surface area contributed by atoms with Crippen LogP contribution >= 0.6 is 0 Å². The van der Waals surface area contributed by atoms with E-state index in [9.17, 15) is 0 Å². The zero-order chi connectivity index (χ0) is 36.5. The second kappa shape index (κ2) is 25.0. The molecule has 1 aliphatic rings. The van der Waals surface area contributed by atoms with Crippen LogP contribution < -0.4 is 0 Å². The molecule has 3 aromatic rings. The maximum atomic E-state index is 4.19. The number of benzene rings is 3. The first-order chi connectivity index (χ1) is 23.1. The average molecular weight is 643 g/mol. The summed E-state index contributed by atoms with van der Waals surface area (Å²) in [5.74, 6) is 0. The second-order valence-corrected chi connectivity index (χ2v) is 12.3. The zero-order valence-corrected chi connectivity index (χ0v) is 32.3. The Morgan fingerprint density at radius 3 is 1.71 bits per heavy atom. The Labute approximate surface area is 297 Å². The summed E-state index contributed by atoms with van der Waals surface area (Å²) >= 11 is 0. The van der Waals surface area contributed by atoms with E-state index in [0.717, 1.165) is 19.3 Å². The number of rotatable bonds is 9. The van der Waals surface area contributed by atoms with Crippen molar-refractivity contribution in [1.29, 1.82) is 0 Å². The molecule has 0 amide bonds. The van der Waals surface area contributed by atoms with Gasteiger partial charge in [0.15, 0.2) is 0 Å². The van der Waals surface area contributed by atoms with Crippen LogP contribution in [0.2, 0.25) is 0 Å². The van der Waals surface area contributed by atoms with E-state index in [4.69, 9.17) is 0 Å². The molecular formula is C48H66. The van der Waals surface area contributed by atoms with E-state index in [1.54, 1.807) is 0 Å². The summed E-state index contributed by atoms with van der Waals surface area (Å²) in [6.45, 7) is 29.4. The predicted octanol–water partition coefficient (Wildman–Crippen LogP) is 14.4. The van der Waals surface area contributed by atoms with E-state index in [-0.39, 0.29) is 0 Å². The molecule has 1 aliphatic carbocycles. The van der Waals surface area contributed by atoms with Gasteiger partial charge >= 0.3 is 0 Å². The molecule has 3 aromatic carbocycles. The molecule has 0 atom stereocenters. The van der Waals surface area contributed by atoms with E-state index in [0.29, 0.717) is 5.41 Å². The minimum absolute atomic E-state index is 0.293. The SMILES string of the molecule is C#C.C=C(C)C1(c2ccccc2)CCCC1.C=C/C(C)=C(C)/C=C(\C=C(\C)CC)c1ccccc1C.CC.CCc1cccc(CC)c1. The maximum absolute atomic E-state index is 4.19. The molecule has 0 radical (unpaired) electrons. The molecule has 0 bridgehead atoms. The molecule has 1 fully saturated rings. The third kappa shape index (κ3) is 14.4. The first-order valence-corrected chi connectivity index (χ1v) is 18.0. The summed E-state index contributed by atoms with van der Waals surface area (Å²) in [7, 11) is 0. The van der Waals surface area contributed by atoms with Crippen LogP contribution in [0.3, 0.4) is 0 Å².